The highest BCUT2D eigenvalue weighted by molar-refractivity contribution is 5.73. The normalized spacial score (nSPS) is 20.7. The average Bonchev–Trinajstić information content (AvgIpc) is 2.68. The van der Waals surface area contributed by atoms with Gasteiger partial charge in [0.05, 0.1) is 0 Å². The van der Waals surface area contributed by atoms with Crippen LogP contribution in [0.3, 0.4) is 0 Å². The number of pyridine rings is 1. The number of carbonyl (C=O) groups excluding carboxylic acids is 1. The highest BCUT2D eigenvalue weighted by atomic mass is 16.2. The lowest BCUT2D eigenvalue weighted by molar-refractivity contribution is -0.130. The van der Waals surface area contributed by atoms with Gasteiger partial charge in [-0.1, -0.05) is 0 Å². The van der Waals surface area contributed by atoms with E-state index in [4.69, 9.17) is 4.98 Å². The molecule has 0 bridgehead atoms. The lowest BCUT2D eigenvalue weighted by Crippen LogP contribution is -2.38. The van der Waals surface area contributed by atoms with Crippen molar-refractivity contribution in [3.8, 4) is 0 Å². The summed E-state index contributed by atoms with van der Waals surface area (Å²) in [5.74, 6) is 1.34. The van der Waals surface area contributed by atoms with Crippen molar-refractivity contribution in [3.05, 3.63) is 53.4 Å². The summed E-state index contributed by atoms with van der Waals surface area (Å²) in [6.45, 7) is 6.09. The molecule has 1 amide bonds. The van der Waals surface area contributed by atoms with Crippen molar-refractivity contribution in [1.82, 2.24) is 24.8 Å². The van der Waals surface area contributed by atoms with Crippen LogP contribution in [0.5, 0.6) is 0 Å². The average molecular weight is 351 g/mol. The van der Waals surface area contributed by atoms with Gasteiger partial charge in [0.15, 0.2) is 0 Å². The van der Waals surface area contributed by atoms with E-state index in [1.54, 1.807) is 6.92 Å². The van der Waals surface area contributed by atoms with E-state index in [-0.39, 0.29) is 11.8 Å². The summed E-state index contributed by atoms with van der Waals surface area (Å²) >= 11 is 0. The van der Waals surface area contributed by atoms with E-state index in [0.717, 1.165) is 57.8 Å². The van der Waals surface area contributed by atoms with Gasteiger partial charge < -0.3 is 4.90 Å². The maximum Gasteiger partial charge on any atom is 0.219 e. The molecule has 6 nitrogen and oxygen atoms in total. The first-order valence-corrected chi connectivity index (χ1v) is 9.40. The largest absolute Gasteiger partial charge is 0.342 e. The highest BCUT2D eigenvalue weighted by Gasteiger charge is 2.26. The molecule has 0 aliphatic carbocycles. The number of nitrogens with zero attached hydrogens (tertiary/aromatic N) is 5. The number of aromatic nitrogens is 3. The molecule has 136 valence electrons. The standard InChI is InChI=1S/C20H25N5O/c1-15(26)25-9-2-3-17(14-25)20-22-11-18-13-24(10-6-19(18)23-20)12-16-4-7-21-8-5-16/h4-5,7-8,11,17H,2-3,6,9-10,12-14H2,1H3/t17-/m0/s1. The monoisotopic (exact) mass is 351 g/mol. The van der Waals surface area contributed by atoms with Crippen molar-refractivity contribution < 1.29 is 4.79 Å². The molecule has 0 spiro atoms. The van der Waals surface area contributed by atoms with Crippen LogP contribution < -0.4 is 0 Å². The molecule has 4 heterocycles. The van der Waals surface area contributed by atoms with Gasteiger partial charge >= 0.3 is 0 Å². The van der Waals surface area contributed by atoms with E-state index in [1.807, 2.05) is 23.5 Å². The van der Waals surface area contributed by atoms with Crippen LogP contribution in [0.15, 0.2) is 30.7 Å². The summed E-state index contributed by atoms with van der Waals surface area (Å²) in [4.78, 5) is 29.7. The summed E-state index contributed by atoms with van der Waals surface area (Å²) in [6, 6.07) is 4.14. The van der Waals surface area contributed by atoms with E-state index >= 15 is 0 Å². The Bertz CT molecular complexity index is 779. The van der Waals surface area contributed by atoms with Crippen molar-refractivity contribution in [2.75, 3.05) is 19.6 Å². The summed E-state index contributed by atoms with van der Waals surface area (Å²) in [5, 5.41) is 0. The van der Waals surface area contributed by atoms with Gasteiger partial charge in [-0.3, -0.25) is 14.7 Å². The van der Waals surface area contributed by atoms with Crippen LogP contribution >= 0.6 is 0 Å². The number of amides is 1. The van der Waals surface area contributed by atoms with Gasteiger partial charge in [-0.2, -0.15) is 0 Å². The molecule has 0 N–H and O–H groups in total. The zero-order chi connectivity index (χ0) is 17.9. The quantitative estimate of drug-likeness (QED) is 0.848. The van der Waals surface area contributed by atoms with E-state index in [9.17, 15) is 4.79 Å². The smallest absolute Gasteiger partial charge is 0.219 e. The molecule has 2 aliphatic rings. The molecule has 1 atom stereocenters. The zero-order valence-electron chi connectivity index (χ0n) is 15.3. The third-order valence-corrected chi connectivity index (χ3v) is 5.42. The Kier molecular flexibility index (Phi) is 4.93. The molecule has 0 unspecified atom stereocenters. The fourth-order valence-electron chi connectivity index (χ4n) is 3.94. The Labute approximate surface area is 154 Å². The molecule has 2 aromatic rings. The van der Waals surface area contributed by atoms with Crippen LogP contribution in [-0.4, -0.2) is 50.3 Å². The molecule has 0 saturated carbocycles. The maximum absolute atomic E-state index is 11.7. The van der Waals surface area contributed by atoms with Gasteiger partial charge in [0, 0.05) is 81.8 Å². The van der Waals surface area contributed by atoms with Gasteiger partial charge in [-0.15, -0.1) is 0 Å². The lowest BCUT2D eigenvalue weighted by atomic mass is 9.96. The molecule has 26 heavy (non-hydrogen) atoms. The fraction of sp³-hybridized carbons (Fsp3) is 0.500. The van der Waals surface area contributed by atoms with Crippen LogP contribution in [0, 0.1) is 0 Å². The van der Waals surface area contributed by atoms with Crippen LogP contribution in [0.1, 0.15) is 48.3 Å². The topological polar surface area (TPSA) is 62.2 Å². The van der Waals surface area contributed by atoms with Crippen LogP contribution in [0.2, 0.25) is 0 Å². The minimum atomic E-state index is 0.152. The van der Waals surface area contributed by atoms with Gasteiger partial charge in [0.1, 0.15) is 5.82 Å². The Morgan fingerprint density at radius 1 is 1.27 bits per heavy atom. The third kappa shape index (κ3) is 3.75. The third-order valence-electron chi connectivity index (χ3n) is 5.42. The first-order valence-electron chi connectivity index (χ1n) is 9.40. The number of rotatable bonds is 3. The first-order chi connectivity index (χ1) is 12.7. The Hall–Kier alpha value is -2.34. The number of piperidine rings is 1. The molecule has 1 fully saturated rings. The predicted molar refractivity (Wildman–Crippen MR) is 98.3 cm³/mol. The molecular formula is C20H25N5O. The number of carbonyl (C=O) groups is 1. The molecule has 4 rings (SSSR count). The van der Waals surface area contributed by atoms with Crippen LogP contribution in [-0.2, 0) is 24.3 Å². The molecule has 2 aliphatic heterocycles. The minimum Gasteiger partial charge on any atom is -0.342 e. The van der Waals surface area contributed by atoms with Gasteiger partial charge in [0.25, 0.3) is 0 Å². The summed E-state index contributed by atoms with van der Waals surface area (Å²) in [5.41, 5.74) is 3.70. The van der Waals surface area contributed by atoms with Crippen molar-refractivity contribution in [1.29, 1.82) is 0 Å². The first kappa shape index (κ1) is 17.1. The second kappa shape index (κ2) is 7.50. The second-order valence-corrected chi connectivity index (χ2v) is 7.32. The number of likely N-dealkylation sites (tertiary alicyclic amines) is 1. The van der Waals surface area contributed by atoms with Crippen molar-refractivity contribution >= 4 is 5.91 Å². The molecule has 1 saturated heterocycles. The van der Waals surface area contributed by atoms with Crippen LogP contribution in [0.25, 0.3) is 0 Å². The predicted octanol–water partition coefficient (Wildman–Crippen LogP) is 2.16. The summed E-state index contributed by atoms with van der Waals surface area (Å²) in [7, 11) is 0. The van der Waals surface area contributed by atoms with E-state index in [2.05, 4.69) is 27.0 Å². The Morgan fingerprint density at radius 3 is 2.92 bits per heavy atom. The highest BCUT2D eigenvalue weighted by Crippen LogP contribution is 2.26. The molecule has 0 aromatic carbocycles. The molecule has 6 heteroatoms. The number of fused-ring (bicyclic) bond motifs is 1. The van der Waals surface area contributed by atoms with Crippen molar-refractivity contribution in [2.45, 2.75) is 45.2 Å². The Morgan fingerprint density at radius 2 is 2.12 bits per heavy atom. The van der Waals surface area contributed by atoms with E-state index in [1.165, 1.54) is 16.8 Å². The minimum absolute atomic E-state index is 0.152. The fourth-order valence-corrected chi connectivity index (χ4v) is 3.94. The van der Waals surface area contributed by atoms with Gasteiger partial charge in [-0.25, -0.2) is 9.97 Å². The van der Waals surface area contributed by atoms with Crippen molar-refractivity contribution in [3.63, 3.8) is 0 Å². The SMILES string of the molecule is CC(=O)N1CCC[C@H](c2ncc3c(n2)CCN(Cc2ccncc2)C3)C1. The van der Waals surface area contributed by atoms with Crippen LogP contribution in [0.4, 0.5) is 0 Å². The molecular weight excluding hydrogens is 326 g/mol. The van der Waals surface area contributed by atoms with Crippen molar-refractivity contribution in [2.24, 2.45) is 0 Å². The van der Waals surface area contributed by atoms with Gasteiger partial charge in [-0.05, 0) is 30.5 Å². The summed E-state index contributed by atoms with van der Waals surface area (Å²) < 4.78 is 0. The van der Waals surface area contributed by atoms with E-state index in [0.29, 0.717) is 0 Å². The number of hydrogen-bond donors (Lipinski definition) is 0. The maximum atomic E-state index is 11.7. The molecule has 0 radical (unpaired) electrons. The molecule has 2 aromatic heterocycles. The second-order valence-electron chi connectivity index (χ2n) is 7.32. The zero-order valence-corrected chi connectivity index (χ0v) is 15.3. The number of hydrogen-bond acceptors (Lipinski definition) is 5. The van der Waals surface area contributed by atoms with Gasteiger partial charge in [0.2, 0.25) is 5.91 Å². The Balaban J connectivity index is 1.44. The van der Waals surface area contributed by atoms with E-state index < -0.39 is 0 Å². The summed E-state index contributed by atoms with van der Waals surface area (Å²) in [6.07, 6.45) is 8.75. The lowest BCUT2D eigenvalue weighted by Gasteiger charge is -2.32.